The van der Waals surface area contributed by atoms with Gasteiger partial charge in [-0.05, 0) is 12.1 Å². The zero-order valence-electron chi connectivity index (χ0n) is 7.27. The topological polar surface area (TPSA) is 41.6 Å². The summed E-state index contributed by atoms with van der Waals surface area (Å²) >= 11 is 1.65. The Morgan fingerprint density at radius 1 is 1.29 bits per heavy atom. The highest BCUT2D eigenvalue weighted by molar-refractivity contribution is 7.16. The van der Waals surface area contributed by atoms with Gasteiger partial charge in [0.15, 0.2) is 0 Å². The first-order valence-corrected chi connectivity index (χ1v) is 5.13. The fourth-order valence-corrected chi connectivity index (χ4v) is 2.15. The van der Waals surface area contributed by atoms with E-state index >= 15 is 0 Å². The van der Waals surface area contributed by atoms with E-state index in [0.717, 1.165) is 16.8 Å². The molecule has 0 radical (unpaired) electrons. The number of H-pyrrole nitrogens is 1. The molecule has 0 saturated carbocycles. The van der Waals surface area contributed by atoms with Gasteiger partial charge in [-0.3, -0.25) is 0 Å². The van der Waals surface area contributed by atoms with Crippen molar-refractivity contribution in [2.75, 3.05) is 0 Å². The fraction of sp³-hybridized carbons (Fsp3) is 0. The van der Waals surface area contributed by atoms with E-state index in [1.165, 1.54) is 4.70 Å². The third-order valence-electron chi connectivity index (χ3n) is 2.14. The number of imidazole rings is 1. The number of aromatic nitrogens is 3. The maximum atomic E-state index is 4.23. The summed E-state index contributed by atoms with van der Waals surface area (Å²) < 4.78 is 1.21. The summed E-state index contributed by atoms with van der Waals surface area (Å²) in [4.78, 5) is 11.3. The molecule has 0 aliphatic rings. The van der Waals surface area contributed by atoms with Crippen LogP contribution < -0.4 is 0 Å². The maximum Gasteiger partial charge on any atom is 0.0924 e. The number of thiazole rings is 1. The second-order valence-electron chi connectivity index (χ2n) is 3.00. The molecular formula is C10H7N3S. The molecule has 0 bridgehead atoms. The largest absolute Gasteiger partial charge is 0.345 e. The molecular weight excluding hydrogens is 194 g/mol. The highest BCUT2D eigenvalue weighted by atomic mass is 32.1. The lowest BCUT2D eigenvalue weighted by Gasteiger charge is -1.95. The lowest BCUT2D eigenvalue weighted by Crippen LogP contribution is -1.76. The summed E-state index contributed by atoms with van der Waals surface area (Å²) in [5, 5.41) is 0. The van der Waals surface area contributed by atoms with Crippen LogP contribution in [0, 0.1) is 0 Å². The van der Waals surface area contributed by atoms with Crippen LogP contribution in [0.15, 0.2) is 36.2 Å². The monoisotopic (exact) mass is 201 g/mol. The standard InChI is InChI=1S/C10H7N3S/c1-2-8-10(14-6-13-8)3-7(1)9-4-11-5-12-9/h1-6H,(H,11,12). The molecule has 0 aliphatic carbocycles. The van der Waals surface area contributed by atoms with Crippen LogP contribution in [0.2, 0.25) is 0 Å². The van der Waals surface area contributed by atoms with E-state index in [9.17, 15) is 0 Å². The Morgan fingerprint density at radius 2 is 2.29 bits per heavy atom. The van der Waals surface area contributed by atoms with Crippen LogP contribution in [0.4, 0.5) is 0 Å². The lowest BCUT2D eigenvalue weighted by molar-refractivity contribution is 1.31. The number of hydrogen-bond acceptors (Lipinski definition) is 3. The highest BCUT2D eigenvalue weighted by Crippen LogP contribution is 2.24. The highest BCUT2D eigenvalue weighted by Gasteiger charge is 2.01. The number of benzene rings is 1. The first-order chi connectivity index (χ1) is 6.93. The van der Waals surface area contributed by atoms with Crippen LogP contribution in [0.25, 0.3) is 21.5 Å². The third-order valence-corrected chi connectivity index (χ3v) is 2.93. The molecule has 3 nitrogen and oxygen atoms in total. The van der Waals surface area contributed by atoms with Crippen molar-refractivity contribution in [3.05, 3.63) is 36.2 Å². The van der Waals surface area contributed by atoms with Crippen molar-refractivity contribution in [3.63, 3.8) is 0 Å². The second kappa shape index (κ2) is 2.92. The predicted octanol–water partition coefficient (Wildman–Crippen LogP) is 2.69. The summed E-state index contributed by atoms with van der Waals surface area (Å²) in [5.41, 5.74) is 5.11. The normalized spacial score (nSPS) is 10.9. The summed E-state index contributed by atoms with van der Waals surface area (Å²) in [7, 11) is 0. The van der Waals surface area contributed by atoms with Crippen LogP contribution in [0.3, 0.4) is 0 Å². The van der Waals surface area contributed by atoms with Gasteiger partial charge in [0.2, 0.25) is 0 Å². The van der Waals surface area contributed by atoms with Gasteiger partial charge in [-0.2, -0.15) is 0 Å². The summed E-state index contributed by atoms with van der Waals surface area (Å²) in [6.07, 6.45) is 3.51. The summed E-state index contributed by atoms with van der Waals surface area (Å²) in [6.45, 7) is 0. The Hall–Kier alpha value is -1.68. The molecule has 2 heterocycles. The molecule has 0 unspecified atom stereocenters. The fourth-order valence-electron chi connectivity index (χ4n) is 1.44. The number of nitrogens with one attached hydrogen (secondary N) is 1. The van der Waals surface area contributed by atoms with Gasteiger partial charge in [-0.25, -0.2) is 9.97 Å². The summed E-state index contributed by atoms with van der Waals surface area (Å²) in [6, 6.07) is 6.21. The SMILES string of the molecule is c1ncc(-c2ccc3ncsc3c2)[nH]1. The van der Waals surface area contributed by atoms with Crippen molar-refractivity contribution in [1.29, 1.82) is 0 Å². The van der Waals surface area contributed by atoms with Gasteiger partial charge in [0, 0.05) is 5.56 Å². The van der Waals surface area contributed by atoms with Gasteiger partial charge in [-0.1, -0.05) is 6.07 Å². The molecule has 3 rings (SSSR count). The molecule has 0 fully saturated rings. The molecule has 0 aliphatic heterocycles. The van der Waals surface area contributed by atoms with Crippen LogP contribution in [0.5, 0.6) is 0 Å². The van der Waals surface area contributed by atoms with E-state index in [0.29, 0.717) is 0 Å². The van der Waals surface area contributed by atoms with Crippen LogP contribution in [-0.2, 0) is 0 Å². The number of hydrogen-bond donors (Lipinski definition) is 1. The van der Waals surface area contributed by atoms with Crippen LogP contribution >= 0.6 is 11.3 Å². The number of fused-ring (bicyclic) bond motifs is 1. The molecule has 3 aromatic rings. The zero-order valence-corrected chi connectivity index (χ0v) is 8.08. The quantitative estimate of drug-likeness (QED) is 0.657. The van der Waals surface area contributed by atoms with Crippen LogP contribution in [-0.4, -0.2) is 15.0 Å². The van der Waals surface area contributed by atoms with Gasteiger partial charge in [0.25, 0.3) is 0 Å². The Balaban J connectivity index is 2.23. The van der Waals surface area contributed by atoms with E-state index in [2.05, 4.69) is 27.1 Å². The molecule has 0 saturated heterocycles. The minimum absolute atomic E-state index is 1.04. The third kappa shape index (κ3) is 1.12. The Kier molecular flexibility index (Phi) is 1.61. The van der Waals surface area contributed by atoms with Crippen molar-refractivity contribution in [2.24, 2.45) is 0 Å². The first kappa shape index (κ1) is 7.70. The molecule has 1 aromatic carbocycles. The van der Waals surface area contributed by atoms with E-state index in [1.807, 2.05) is 17.8 Å². The molecule has 0 spiro atoms. The van der Waals surface area contributed by atoms with Gasteiger partial charge < -0.3 is 4.98 Å². The lowest BCUT2D eigenvalue weighted by atomic mass is 10.2. The molecule has 4 heteroatoms. The smallest absolute Gasteiger partial charge is 0.0924 e. The van der Waals surface area contributed by atoms with E-state index in [1.54, 1.807) is 17.7 Å². The van der Waals surface area contributed by atoms with Crippen molar-refractivity contribution < 1.29 is 0 Å². The molecule has 68 valence electrons. The Morgan fingerprint density at radius 3 is 3.14 bits per heavy atom. The first-order valence-electron chi connectivity index (χ1n) is 4.25. The Labute approximate surface area is 84.5 Å². The van der Waals surface area contributed by atoms with Gasteiger partial charge in [-0.15, -0.1) is 11.3 Å². The number of rotatable bonds is 1. The van der Waals surface area contributed by atoms with E-state index in [4.69, 9.17) is 0 Å². The Bertz CT molecular complexity index is 554. The van der Waals surface area contributed by atoms with Gasteiger partial charge >= 0.3 is 0 Å². The molecule has 2 aromatic heterocycles. The van der Waals surface area contributed by atoms with Gasteiger partial charge in [0.1, 0.15) is 0 Å². The second-order valence-corrected chi connectivity index (χ2v) is 3.89. The zero-order chi connectivity index (χ0) is 9.38. The number of nitrogens with zero attached hydrogens (tertiary/aromatic N) is 2. The molecule has 1 N–H and O–H groups in total. The maximum absolute atomic E-state index is 4.23. The van der Waals surface area contributed by atoms with E-state index < -0.39 is 0 Å². The minimum atomic E-state index is 1.04. The summed E-state index contributed by atoms with van der Waals surface area (Å²) in [5.74, 6) is 0. The van der Waals surface area contributed by atoms with Crippen molar-refractivity contribution in [3.8, 4) is 11.3 Å². The molecule has 0 atom stereocenters. The van der Waals surface area contributed by atoms with Crippen LogP contribution in [0.1, 0.15) is 0 Å². The van der Waals surface area contributed by atoms with Gasteiger partial charge in [0.05, 0.1) is 33.9 Å². The molecule has 0 amide bonds. The van der Waals surface area contributed by atoms with Crippen molar-refractivity contribution >= 4 is 21.6 Å². The molecule has 14 heavy (non-hydrogen) atoms. The number of aromatic amines is 1. The minimum Gasteiger partial charge on any atom is -0.345 e. The average molecular weight is 201 g/mol. The predicted molar refractivity (Wildman–Crippen MR) is 57.2 cm³/mol. The van der Waals surface area contributed by atoms with Crippen molar-refractivity contribution in [1.82, 2.24) is 15.0 Å². The van der Waals surface area contributed by atoms with E-state index in [-0.39, 0.29) is 0 Å². The van der Waals surface area contributed by atoms with Crippen molar-refractivity contribution in [2.45, 2.75) is 0 Å². The average Bonchev–Trinajstić information content (AvgIpc) is 2.88.